The molecule has 1 aromatic heterocycles. The molecular weight excluding hydrogens is 264 g/mol. The number of hydrogen-bond donors (Lipinski definition) is 2. The van der Waals surface area contributed by atoms with E-state index < -0.39 is 0 Å². The van der Waals surface area contributed by atoms with Crippen LogP contribution in [0, 0.1) is 13.8 Å². The Morgan fingerprint density at radius 3 is 2.62 bits per heavy atom. The van der Waals surface area contributed by atoms with Crippen molar-refractivity contribution in [2.45, 2.75) is 26.9 Å². The molecule has 0 bridgehead atoms. The molecule has 0 atom stereocenters. The van der Waals surface area contributed by atoms with Gasteiger partial charge in [-0.3, -0.25) is 9.48 Å². The van der Waals surface area contributed by atoms with Crippen LogP contribution in [0.25, 0.3) is 0 Å². The van der Waals surface area contributed by atoms with Crippen LogP contribution >= 0.6 is 0 Å². The van der Waals surface area contributed by atoms with Gasteiger partial charge in [0.1, 0.15) is 0 Å². The molecule has 0 aliphatic heterocycles. The van der Waals surface area contributed by atoms with Crippen molar-refractivity contribution in [2.24, 2.45) is 0 Å². The topological polar surface area (TPSA) is 59.0 Å². The summed E-state index contributed by atoms with van der Waals surface area (Å²) in [6, 6.07) is 8.16. The van der Waals surface area contributed by atoms with Crippen LogP contribution in [0.1, 0.15) is 16.7 Å². The van der Waals surface area contributed by atoms with Gasteiger partial charge in [-0.05, 0) is 25.0 Å². The number of carbonyl (C=O) groups excluding carboxylic acids is 1. The molecule has 0 aliphatic carbocycles. The molecule has 5 heteroatoms. The third kappa shape index (κ3) is 5.39. The second kappa shape index (κ2) is 7.59. The maximum absolute atomic E-state index is 11.7. The summed E-state index contributed by atoms with van der Waals surface area (Å²) >= 11 is 0. The van der Waals surface area contributed by atoms with Gasteiger partial charge in [0.25, 0.3) is 0 Å². The zero-order valence-electron chi connectivity index (χ0n) is 12.6. The Kier molecular flexibility index (Phi) is 5.51. The predicted molar refractivity (Wildman–Crippen MR) is 82.9 cm³/mol. The third-order valence-corrected chi connectivity index (χ3v) is 3.18. The van der Waals surface area contributed by atoms with Gasteiger partial charge in [0.15, 0.2) is 0 Å². The summed E-state index contributed by atoms with van der Waals surface area (Å²) in [7, 11) is 0. The van der Waals surface area contributed by atoms with Crippen LogP contribution in [-0.4, -0.2) is 28.8 Å². The van der Waals surface area contributed by atoms with Crippen LogP contribution in [-0.2, 0) is 17.9 Å². The minimum atomic E-state index is 0.00669. The molecular formula is C16H22N4O. The molecule has 1 aromatic carbocycles. The van der Waals surface area contributed by atoms with Gasteiger partial charge in [0, 0.05) is 19.3 Å². The summed E-state index contributed by atoms with van der Waals surface area (Å²) in [5.41, 5.74) is 3.48. The first kappa shape index (κ1) is 15.3. The van der Waals surface area contributed by atoms with E-state index in [0.29, 0.717) is 13.1 Å². The van der Waals surface area contributed by atoms with Crippen molar-refractivity contribution in [3.05, 3.63) is 53.3 Å². The zero-order valence-corrected chi connectivity index (χ0v) is 12.6. The molecule has 0 aliphatic rings. The van der Waals surface area contributed by atoms with E-state index in [4.69, 9.17) is 0 Å². The van der Waals surface area contributed by atoms with Crippen molar-refractivity contribution < 1.29 is 4.79 Å². The Hall–Kier alpha value is -2.14. The first-order valence-electron chi connectivity index (χ1n) is 7.15. The zero-order chi connectivity index (χ0) is 15.1. The number of aromatic nitrogens is 2. The monoisotopic (exact) mass is 286 g/mol. The highest BCUT2D eigenvalue weighted by Gasteiger charge is 2.01. The molecule has 2 rings (SSSR count). The SMILES string of the molecule is Cc1ccc(CNC(=O)CNCCn2cc(C)cn2)cc1. The minimum absolute atomic E-state index is 0.00669. The van der Waals surface area contributed by atoms with Crippen LogP contribution < -0.4 is 10.6 Å². The Labute approximate surface area is 125 Å². The van der Waals surface area contributed by atoms with E-state index in [0.717, 1.165) is 24.2 Å². The lowest BCUT2D eigenvalue weighted by Gasteiger charge is -2.07. The Morgan fingerprint density at radius 1 is 1.19 bits per heavy atom. The Morgan fingerprint density at radius 2 is 1.95 bits per heavy atom. The first-order chi connectivity index (χ1) is 10.1. The third-order valence-electron chi connectivity index (χ3n) is 3.18. The van der Waals surface area contributed by atoms with Gasteiger partial charge < -0.3 is 10.6 Å². The van der Waals surface area contributed by atoms with E-state index in [1.807, 2.05) is 55.2 Å². The van der Waals surface area contributed by atoms with Gasteiger partial charge in [-0.15, -0.1) is 0 Å². The highest BCUT2D eigenvalue weighted by molar-refractivity contribution is 5.77. The molecule has 5 nitrogen and oxygen atoms in total. The van der Waals surface area contributed by atoms with Gasteiger partial charge in [-0.2, -0.15) is 5.10 Å². The van der Waals surface area contributed by atoms with Crippen LogP contribution in [0.15, 0.2) is 36.7 Å². The standard InChI is InChI=1S/C16H22N4O/c1-13-3-5-15(6-4-13)10-18-16(21)11-17-7-8-20-12-14(2)9-19-20/h3-6,9,12,17H,7-8,10-11H2,1-2H3,(H,18,21). The fourth-order valence-corrected chi connectivity index (χ4v) is 1.95. The molecule has 2 N–H and O–H groups in total. The molecule has 0 radical (unpaired) electrons. The van der Waals surface area contributed by atoms with Crippen molar-refractivity contribution in [1.29, 1.82) is 0 Å². The fraction of sp³-hybridized carbons (Fsp3) is 0.375. The van der Waals surface area contributed by atoms with Crippen LogP contribution in [0.5, 0.6) is 0 Å². The quantitative estimate of drug-likeness (QED) is 0.757. The molecule has 2 aromatic rings. The molecule has 112 valence electrons. The number of benzene rings is 1. The van der Waals surface area contributed by atoms with Crippen molar-refractivity contribution in [1.82, 2.24) is 20.4 Å². The average molecular weight is 286 g/mol. The summed E-state index contributed by atoms with van der Waals surface area (Å²) in [4.78, 5) is 11.7. The number of rotatable bonds is 7. The van der Waals surface area contributed by atoms with Gasteiger partial charge >= 0.3 is 0 Å². The molecule has 1 amide bonds. The molecule has 1 heterocycles. The van der Waals surface area contributed by atoms with E-state index >= 15 is 0 Å². The van der Waals surface area contributed by atoms with Crippen LogP contribution in [0.4, 0.5) is 0 Å². The molecule has 0 spiro atoms. The normalized spacial score (nSPS) is 10.6. The number of carbonyl (C=O) groups is 1. The average Bonchev–Trinajstić information content (AvgIpc) is 2.89. The number of aryl methyl sites for hydroxylation is 2. The van der Waals surface area contributed by atoms with Crippen LogP contribution in [0.3, 0.4) is 0 Å². The molecule has 21 heavy (non-hydrogen) atoms. The van der Waals surface area contributed by atoms with Crippen molar-refractivity contribution in [2.75, 3.05) is 13.1 Å². The van der Waals surface area contributed by atoms with E-state index in [1.165, 1.54) is 5.56 Å². The second-order valence-corrected chi connectivity index (χ2v) is 5.22. The van der Waals surface area contributed by atoms with Gasteiger partial charge in [0.2, 0.25) is 5.91 Å². The summed E-state index contributed by atoms with van der Waals surface area (Å²) in [5, 5.41) is 10.2. The van der Waals surface area contributed by atoms with E-state index in [2.05, 4.69) is 15.7 Å². The lowest BCUT2D eigenvalue weighted by Crippen LogP contribution is -2.34. The Balaban J connectivity index is 1.60. The molecule has 0 saturated carbocycles. The summed E-state index contributed by atoms with van der Waals surface area (Å²) < 4.78 is 1.87. The Bertz CT molecular complexity index is 574. The number of nitrogens with zero attached hydrogens (tertiary/aromatic N) is 2. The van der Waals surface area contributed by atoms with Crippen molar-refractivity contribution in [3.8, 4) is 0 Å². The van der Waals surface area contributed by atoms with Gasteiger partial charge in [0.05, 0.1) is 19.3 Å². The second-order valence-electron chi connectivity index (χ2n) is 5.22. The van der Waals surface area contributed by atoms with Crippen molar-refractivity contribution >= 4 is 5.91 Å². The lowest BCUT2D eigenvalue weighted by molar-refractivity contribution is -0.120. The summed E-state index contributed by atoms with van der Waals surface area (Å²) in [6.07, 6.45) is 3.81. The smallest absolute Gasteiger partial charge is 0.234 e. The fourth-order valence-electron chi connectivity index (χ4n) is 1.95. The molecule has 0 fully saturated rings. The highest BCUT2D eigenvalue weighted by atomic mass is 16.1. The lowest BCUT2D eigenvalue weighted by atomic mass is 10.1. The largest absolute Gasteiger partial charge is 0.351 e. The van der Waals surface area contributed by atoms with Crippen molar-refractivity contribution in [3.63, 3.8) is 0 Å². The molecule has 0 saturated heterocycles. The predicted octanol–water partition coefficient (Wildman–Crippen LogP) is 1.41. The van der Waals surface area contributed by atoms with E-state index in [-0.39, 0.29) is 5.91 Å². The van der Waals surface area contributed by atoms with E-state index in [9.17, 15) is 4.79 Å². The number of hydrogen-bond acceptors (Lipinski definition) is 3. The van der Waals surface area contributed by atoms with E-state index in [1.54, 1.807) is 0 Å². The minimum Gasteiger partial charge on any atom is -0.351 e. The first-order valence-corrected chi connectivity index (χ1v) is 7.15. The number of amides is 1. The molecule has 0 unspecified atom stereocenters. The highest BCUT2D eigenvalue weighted by Crippen LogP contribution is 2.02. The maximum atomic E-state index is 11.7. The van der Waals surface area contributed by atoms with Gasteiger partial charge in [-0.25, -0.2) is 0 Å². The van der Waals surface area contributed by atoms with Crippen LogP contribution in [0.2, 0.25) is 0 Å². The summed E-state index contributed by atoms with van der Waals surface area (Å²) in [6.45, 7) is 6.44. The van der Waals surface area contributed by atoms with Gasteiger partial charge in [-0.1, -0.05) is 29.8 Å². The summed E-state index contributed by atoms with van der Waals surface area (Å²) in [5.74, 6) is 0.00669. The maximum Gasteiger partial charge on any atom is 0.234 e. The number of nitrogens with one attached hydrogen (secondary N) is 2.